The molecule has 2 heterocycles. The number of benzene rings is 1. The van der Waals surface area contributed by atoms with Crippen molar-refractivity contribution in [2.24, 2.45) is 0 Å². The highest BCUT2D eigenvalue weighted by Gasteiger charge is 2.18. The van der Waals surface area contributed by atoms with E-state index >= 15 is 0 Å². The Balaban J connectivity index is 1.66. The highest BCUT2D eigenvalue weighted by molar-refractivity contribution is 5.95. The average molecular weight is 312 g/mol. The number of hydrogen-bond donors (Lipinski definition) is 3. The van der Waals surface area contributed by atoms with Crippen molar-refractivity contribution in [2.45, 2.75) is 13.0 Å². The van der Waals surface area contributed by atoms with E-state index in [1.807, 2.05) is 13.0 Å². The number of anilines is 2. The van der Waals surface area contributed by atoms with E-state index < -0.39 is 0 Å². The van der Waals surface area contributed by atoms with Gasteiger partial charge in [0.25, 0.3) is 5.91 Å². The highest BCUT2D eigenvalue weighted by atomic mass is 16.5. The Morgan fingerprint density at radius 1 is 1.35 bits per heavy atom. The number of carbonyl (C=O) groups is 2. The van der Waals surface area contributed by atoms with E-state index in [0.717, 1.165) is 5.56 Å². The zero-order valence-electron chi connectivity index (χ0n) is 12.5. The zero-order chi connectivity index (χ0) is 16.2. The van der Waals surface area contributed by atoms with Gasteiger partial charge in [0.2, 0.25) is 0 Å². The van der Waals surface area contributed by atoms with Crippen LogP contribution in [0.2, 0.25) is 0 Å². The number of rotatable bonds is 3. The lowest BCUT2D eigenvalue weighted by Crippen LogP contribution is -2.31. The van der Waals surface area contributed by atoms with Crippen LogP contribution in [0.4, 0.5) is 16.3 Å². The molecule has 118 valence electrons. The zero-order valence-corrected chi connectivity index (χ0v) is 12.5. The summed E-state index contributed by atoms with van der Waals surface area (Å²) in [4.78, 5) is 27.4. The number of pyridine rings is 1. The molecule has 7 heteroatoms. The van der Waals surface area contributed by atoms with Gasteiger partial charge in [-0.3, -0.25) is 10.1 Å². The van der Waals surface area contributed by atoms with Crippen molar-refractivity contribution in [1.82, 2.24) is 10.3 Å². The Labute approximate surface area is 133 Å². The Morgan fingerprint density at radius 2 is 2.22 bits per heavy atom. The Bertz CT molecular complexity index is 733. The van der Waals surface area contributed by atoms with Gasteiger partial charge in [0, 0.05) is 6.20 Å². The summed E-state index contributed by atoms with van der Waals surface area (Å²) in [6, 6.07) is 10.1. The minimum Gasteiger partial charge on any atom is -0.482 e. The molecule has 3 N–H and O–H groups in total. The van der Waals surface area contributed by atoms with E-state index in [1.165, 1.54) is 0 Å². The molecular formula is C16H16N4O3. The van der Waals surface area contributed by atoms with Crippen molar-refractivity contribution in [3.63, 3.8) is 0 Å². The smallest absolute Gasteiger partial charge is 0.320 e. The fraction of sp³-hybridized carbons (Fsp3) is 0.188. The summed E-state index contributed by atoms with van der Waals surface area (Å²) in [5.74, 6) is 0.907. The van der Waals surface area contributed by atoms with Crippen LogP contribution in [0.1, 0.15) is 18.5 Å². The van der Waals surface area contributed by atoms with Crippen molar-refractivity contribution in [3.05, 3.63) is 48.2 Å². The predicted octanol–water partition coefficient (Wildman–Crippen LogP) is 2.30. The summed E-state index contributed by atoms with van der Waals surface area (Å²) in [6.45, 7) is 1.87. The quantitative estimate of drug-likeness (QED) is 0.811. The van der Waals surface area contributed by atoms with Crippen molar-refractivity contribution in [3.8, 4) is 5.75 Å². The van der Waals surface area contributed by atoms with Gasteiger partial charge in [-0.2, -0.15) is 0 Å². The monoisotopic (exact) mass is 312 g/mol. The first-order valence-corrected chi connectivity index (χ1v) is 7.17. The average Bonchev–Trinajstić information content (AvgIpc) is 2.54. The van der Waals surface area contributed by atoms with Gasteiger partial charge in [0.1, 0.15) is 11.6 Å². The first kappa shape index (κ1) is 14.8. The molecule has 3 rings (SSSR count). The van der Waals surface area contributed by atoms with Crippen molar-refractivity contribution < 1.29 is 14.3 Å². The molecule has 0 saturated carbocycles. The van der Waals surface area contributed by atoms with Crippen molar-refractivity contribution in [1.29, 1.82) is 0 Å². The van der Waals surface area contributed by atoms with E-state index in [2.05, 4.69) is 20.9 Å². The SMILES string of the molecule is CC(NC(=O)Nc1ccccn1)c1ccc2c(c1)NC(=O)CO2. The number of hydrogen-bond acceptors (Lipinski definition) is 4. The van der Waals surface area contributed by atoms with Crippen LogP contribution in [0.25, 0.3) is 0 Å². The van der Waals surface area contributed by atoms with Crippen LogP contribution in [0.15, 0.2) is 42.6 Å². The van der Waals surface area contributed by atoms with Gasteiger partial charge in [0.15, 0.2) is 6.61 Å². The number of nitrogens with zero attached hydrogens (tertiary/aromatic N) is 1. The molecule has 0 saturated heterocycles. The van der Waals surface area contributed by atoms with Crippen LogP contribution in [0.5, 0.6) is 5.75 Å². The molecule has 7 nitrogen and oxygen atoms in total. The number of fused-ring (bicyclic) bond motifs is 1. The summed E-state index contributed by atoms with van der Waals surface area (Å²) >= 11 is 0. The summed E-state index contributed by atoms with van der Waals surface area (Å²) in [5, 5.41) is 8.22. The first-order chi connectivity index (χ1) is 11.1. The molecule has 1 aliphatic heterocycles. The number of amides is 3. The van der Waals surface area contributed by atoms with E-state index in [0.29, 0.717) is 17.3 Å². The number of aromatic nitrogens is 1. The molecular weight excluding hydrogens is 296 g/mol. The Morgan fingerprint density at radius 3 is 3.00 bits per heavy atom. The van der Waals surface area contributed by atoms with Gasteiger partial charge in [-0.1, -0.05) is 12.1 Å². The van der Waals surface area contributed by atoms with E-state index in [-0.39, 0.29) is 24.6 Å². The second-order valence-corrected chi connectivity index (χ2v) is 5.13. The van der Waals surface area contributed by atoms with Gasteiger partial charge >= 0.3 is 6.03 Å². The van der Waals surface area contributed by atoms with Crippen LogP contribution >= 0.6 is 0 Å². The maximum absolute atomic E-state index is 12.0. The summed E-state index contributed by atoms with van der Waals surface area (Å²) in [7, 11) is 0. The van der Waals surface area contributed by atoms with E-state index in [4.69, 9.17) is 4.74 Å². The highest BCUT2D eigenvalue weighted by Crippen LogP contribution is 2.30. The Kier molecular flexibility index (Phi) is 4.09. The van der Waals surface area contributed by atoms with Crippen LogP contribution in [0, 0.1) is 0 Å². The molecule has 1 aliphatic rings. The molecule has 0 radical (unpaired) electrons. The second kappa shape index (κ2) is 6.35. The minimum absolute atomic E-state index is 0.0205. The molecule has 1 aromatic heterocycles. The fourth-order valence-corrected chi connectivity index (χ4v) is 2.24. The molecule has 3 amide bonds. The van der Waals surface area contributed by atoms with Gasteiger partial charge < -0.3 is 15.4 Å². The van der Waals surface area contributed by atoms with Crippen molar-refractivity contribution in [2.75, 3.05) is 17.2 Å². The maximum atomic E-state index is 12.0. The van der Waals surface area contributed by atoms with Crippen LogP contribution in [0.3, 0.4) is 0 Å². The predicted molar refractivity (Wildman–Crippen MR) is 85.4 cm³/mol. The molecule has 1 unspecified atom stereocenters. The van der Waals surface area contributed by atoms with Gasteiger partial charge in [-0.25, -0.2) is 9.78 Å². The van der Waals surface area contributed by atoms with Crippen LogP contribution in [-0.2, 0) is 4.79 Å². The number of ether oxygens (including phenoxy) is 1. The number of nitrogens with one attached hydrogen (secondary N) is 3. The van der Waals surface area contributed by atoms with Crippen LogP contribution < -0.4 is 20.7 Å². The van der Waals surface area contributed by atoms with Gasteiger partial charge in [0.05, 0.1) is 11.7 Å². The topological polar surface area (TPSA) is 92.4 Å². The normalized spacial score (nSPS) is 14.0. The molecule has 0 bridgehead atoms. The standard InChI is InChI=1S/C16H16N4O3/c1-10(18-16(22)20-14-4-2-3-7-17-14)11-5-6-13-12(8-11)19-15(21)9-23-13/h2-8,10H,9H2,1H3,(H,19,21)(H2,17,18,20,22). The second-order valence-electron chi connectivity index (χ2n) is 5.13. The fourth-order valence-electron chi connectivity index (χ4n) is 2.24. The largest absolute Gasteiger partial charge is 0.482 e. The Hall–Kier alpha value is -3.09. The molecule has 2 aromatic rings. The lowest BCUT2D eigenvalue weighted by atomic mass is 10.1. The molecule has 23 heavy (non-hydrogen) atoms. The van der Waals surface area contributed by atoms with Gasteiger partial charge in [-0.15, -0.1) is 0 Å². The molecule has 0 spiro atoms. The summed E-state index contributed by atoms with van der Waals surface area (Å²) in [6.07, 6.45) is 1.60. The molecule has 0 aliphatic carbocycles. The third-order valence-electron chi connectivity index (χ3n) is 3.39. The van der Waals surface area contributed by atoms with E-state index in [9.17, 15) is 9.59 Å². The van der Waals surface area contributed by atoms with E-state index in [1.54, 1.807) is 36.5 Å². The third kappa shape index (κ3) is 3.57. The first-order valence-electron chi connectivity index (χ1n) is 7.17. The maximum Gasteiger partial charge on any atom is 0.320 e. The number of carbonyl (C=O) groups excluding carboxylic acids is 2. The van der Waals surface area contributed by atoms with Crippen LogP contribution in [-0.4, -0.2) is 23.5 Å². The molecule has 0 fully saturated rings. The minimum atomic E-state index is -0.353. The summed E-state index contributed by atoms with van der Waals surface area (Å²) in [5.41, 5.74) is 1.46. The lowest BCUT2D eigenvalue weighted by Gasteiger charge is -2.21. The van der Waals surface area contributed by atoms with Crippen molar-refractivity contribution >= 4 is 23.4 Å². The number of urea groups is 1. The van der Waals surface area contributed by atoms with Gasteiger partial charge in [-0.05, 0) is 36.8 Å². The lowest BCUT2D eigenvalue weighted by molar-refractivity contribution is -0.118. The molecule has 1 aromatic carbocycles. The third-order valence-corrected chi connectivity index (χ3v) is 3.39. The molecule has 1 atom stereocenters. The summed E-state index contributed by atoms with van der Waals surface area (Å²) < 4.78 is 5.31.